The number of hydrogen-bond donors (Lipinski definition) is 2. The molecule has 1 amide bonds. The maximum Gasteiger partial charge on any atom is 0.326 e. The van der Waals surface area contributed by atoms with Crippen molar-refractivity contribution in [2.75, 3.05) is 13.7 Å². The number of methoxy groups -OCH3 is 1. The van der Waals surface area contributed by atoms with Crippen LogP contribution in [-0.4, -0.2) is 41.3 Å². The highest BCUT2D eigenvalue weighted by Crippen LogP contribution is 2.05. The fraction of sp³-hybridized carbons (Fsp3) is 0.538. The highest BCUT2D eigenvalue weighted by atomic mass is 16.5. The van der Waals surface area contributed by atoms with Gasteiger partial charge >= 0.3 is 5.97 Å². The first-order valence-corrected chi connectivity index (χ1v) is 6.27. The third-order valence-electron chi connectivity index (χ3n) is 2.85. The van der Waals surface area contributed by atoms with Crippen molar-refractivity contribution in [3.05, 3.63) is 24.0 Å². The topological polar surface area (TPSA) is 80.6 Å². The number of carbonyl (C=O) groups is 2. The Hall–Kier alpha value is -1.82. The predicted molar refractivity (Wildman–Crippen MR) is 70.1 cm³/mol. The molecule has 0 aliphatic heterocycles. The Bertz CT molecular complexity index is 428. The zero-order valence-corrected chi connectivity index (χ0v) is 11.3. The zero-order chi connectivity index (χ0) is 14.3. The maximum atomic E-state index is 12.0. The number of carbonyl (C=O) groups excluding carboxylic acids is 1. The molecule has 1 heterocycles. The van der Waals surface area contributed by atoms with E-state index in [0.717, 1.165) is 0 Å². The van der Waals surface area contributed by atoms with Crippen molar-refractivity contribution < 1.29 is 19.4 Å². The number of aliphatic carboxylic acids is 1. The number of nitrogens with one attached hydrogen (secondary N) is 1. The molecule has 0 aromatic carbocycles. The Morgan fingerprint density at radius 1 is 1.53 bits per heavy atom. The van der Waals surface area contributed by atoms with Gasteiger partial charge in [-0.2, -0.15) is 0 Å². The molecular weight excluding hydrogens is 248 g/mol. The lowest BCUT2D eigenvalue weighted by molar-refractivity contribution is -0.139. The Labute approximate surface area is 112 Å². The van der Waals surface area contributed by atoms with Gasteiger partial charge in [0.05, 0.1) is 0 Å². The standard InChI is InChI=1S/C13H20N2O4/c1-3-15-8-4-7-11(15)12(16)14-10(13(17)18)6-5-9-19-2/h4,7-8,10H,3,5-6,9H2,1-2H3,(H,14,16)(H,17,18). The minimum absolute atomic E-state index is 0.349. The molecule has 1 rings (SSSR count). The molecule has 1 aromatic rings. The van der Waals surface area contributed by atoms with Gasteiger partial charge in [-0.1, -0.05) is 0 Å². The first kappa shape index (κ1) is 15.2. The van der Waals surface area contributed by atoms with Crippen molar-refractivity contribution in [3.8, 4) is 0 Å². The summed E-state index contributed by atoms with van der Waals surface area (Å²) in [4.78, 5) is 23.1. The van der Waals surface area contributed by atoms with E-state index < -0.39 is 12.0 Å². The number of carboxylic acid groups (broad SMARTS) is 1. The minimum atomic E-state index is -1.03. The highest BCUT2D eigenvalue weighted by Gasteiger charge is 2.21. The Kier molecular flexibility index (Phi) is 6.08. The quantitative estimate of drug-likeness (QED) is 0.692. The second-order valence-corrected chi connectivity index (χ2v) is 4.18. The number of hydrogen-bond acceptors (Lipinski definition) is 3. The van der Waals surface area contributed by atoms with Crippen LogP contribution in [0.25, 0.3) is 0 Å². The number of amides is 1. The summed E-state index contributed by atoms with van der Waals surface area (Å²) < 4.78 is 6.64. The van der Waals surface area contributed by atoms with Crippen LogP contribution in [-0.2, 0) is 16.1 Å². The molecule has 0 spiro atoms. The van der Waals surface area contributed by atoms with Crippen LogP contribution in [0.2, 0.25) is 0 Å². The second kappa shape index (κ2) is 7.58. The maximum absolute atomic E-state index is 12.0. The molecule has 0 bridgehead atoms. The molecule has 6 nitrogen and oxygen atoms in total. The molecule has 106 valence electrons. The number of aromatic nitrogens is 1. The average Bonchev–Trinajstić information content (AvgIpc) is 2.85. The van der Waals surface area contributed by atoms with Crippen LogP contribution in [0.15, 0.2) is 18.3 Å². The summed E-state index contributed by atoms with van der Waals surface area (Å²) in [7, 11) is 1.56. The summed E-state index contributed by atoms with van der Waals surface area (Å²) in [5, 5.41) is 11.6. The lowest BCUT2D eigenvalue weighted by Crippen LogP contribution is -2.41. The third kappa shape index (κ3) is 4.40. The molecule has 1 aromatic heterocycles. The van der Waals surface area contributed by atoms with Gasteiger partial charge in [0.2, 0.25) is 0 Å². The van der Waals surface area contributed by atoms with E-state index in [1.807, 2.05) is 6.92 Å². The van der Waals surface area contributed by atoms with Crippen LogP contribution < -0.4 is 5.32 Å². The van der Waals surface area contributed by atoms with Crippen LogP contribution in [0.3, 0.4) is 0 Å². The number of ether oxygens (including phenoxy) is 1. The largest absolute Gasteiger partial charge is 0.480 e. The van der Waals surface area contributed by atoms with Gasteiger partial charge in [0.25, 0.3) is 5.91 Å². The fourth-order valence-electron chi connectivity index (χ4n) is 1.82. The Morgan fingerprint density at radius 3 is 2.84 bits per heavy atom. The summed E-state index contributed by atoms with van der Waals surface area (Å²) >= 11 is 0. The van der Waals surface area contributed by atoms with E-state index in [-0.39, 0.29) is 5.91 Å². The monoisotopic (exact) mass is 268 g/mol. The molecule has 19 heavy (non-hydrogen) atoms. The molecule has 0 radical (unpaired) electrons. The van der Waals surface area contributed by atoms with Gasteiger partial charge in [-0.05, 0) is 31.9 Å². The molecule has 6 heteroatoms. The van der Waals surface area contributed by atoms with Crippen molar-refractivity contribution in [3.63, 3.8) is 0 Å². The second-order valence-electron chi connectivity index (χ2n) is 4.18. The van der Waals surface area contributed by atoms with Gasteiger partial charge in [-0.3, -0.25) is 4.79 Å². The minimum Gasteiger partial charge on any atom is -0.480 e. The van der Waals surface area contributed by atoms with Crippen molar-refractivity contribution in [1.29, 1.82) is 0 Å². The van der Waals surface area contributed by atoms with Crippen molar-refractivity contribution in [1.82, 2.24) is 9.88 Å². The predicted octanol–water partition coefficient (Wildman–Crippen LogP) is 1.12. The van der Waals surface area contributed by atoms with Crippen molar-refractivity contribution in [2.24, 2.45) is 0 Å². The SMILES string of the molecule is CCn1cccc1C(=O)NC(CCCOC)C(=O)O. The van der Waals surface area contributed by atoms with Gasteiger partial charge < -0.3 is 19.7 Å². The molecule has 0 aliphatic carbocycles. The Balaban J connectivity index is 2.63. The molecule has 0 fully saturated rings. The summed E-state index contributed by atoms with van der Waals surface area (Å²) in [6.45, 7) is 3.06. The molecule has 1 atom stereocenters. The van der Waals surface area contributed by atoms with Gasteiger partial charge in [-0.15, -0.1) is 0 Å². The van der Waals surface area contributed by atoms with Gasteiger partial charge in [0, 0.05) is 26.5 Å². The normalized spacial score (nSPS) is 12.1. The van der Waals surface area contributed by atoms with E-state index in [9.17, 15) is 9.59 Å². The van der Waals surface area contributed by atoms with Crippen LogP contribution >= 0.6 is 0 Å². The number of aryl methyl sites for hydroxylation is 1. The van der Waals surface area contributed by atoms with Crippen LogP contribution in [0.1, 0.15) is 30.3 Å². The molecule has 0 saturated heterocycles. The fourth-order valence-corrected chi connectivity index (χ4v) is 1.82. The van der Waals surface area contributed by atoms with E-state index in [4.69, 9.17) is 9.84 Å². The first-order chi connectivity index (χ1) is 9.10. The number of nitrogens with zero attached hydrogens (tertiary/aromatic N) is 1. The molecule has 0 aliphatic rings. The van der Waals surface area contributed by atoms with E-state index >= 15 is 0 Å². The number of rotatable bonds is 8. The van der Waals surface area contributed by atoms with Crippen molar-refractivity contribution >= 4 is 11.9 Å². The Morgan fingerprint density at radius 2 is 2.26 bits per heavy atom. The molecule has 1 unspecified atom stereocenters. The van der Waals surface area contributed by atoms with Crippen LogP contribution in [0.5, 0.6) is 0 Å². The van der Waals surface area contributed by atoms with Gasteiger partial charge in [-0.25, -0.2) is 4.79 Å². The third-order valence-corrected chi connectivity index (χ3v) is 2.85. The van der Waals surface area contributed by atoms with E-state index in [0.29, 0.717) is 31.7 Å². The zero-order valence-electron chi connectivity index (χ0n) is 11.3. The molecular formula is C13H20N2O4. The van der Waals surface area contributed by atoms with E-state index in [2.05, 4.69) is 5.32 Å². The highest BCUT2D eigenvalue weighted by molar-refractivity contribution is 5.95. The molecule has 2 N–H and O–H groups in total. The summed E-state index contributed by atoms with van der Waals surface area (Å²) in [5.74, 6) is -1.39. The summed E-state index contributed by atoms with van der Waals surface area (Å²) in [5.41, 5.74) is 0.473. The van der Waals surface area contributed by atoms with Crippen molar-refractivity contribution in [2.45, 2.75) is 32.4 Å². The van der Waals surface area contributed by atoms with E-state index in [1.54, 1.807) is 30.0 Å². The average molecular weight is 268 g/mol. The van der Waals surface area contributed by atoms with E-state index in [1.165, 1.54) is 0 Å². The van der Waals surface area contributed by atoms with Crippen LogP contribution in [0.4, 0.5) is 0 Å². The molecule has 0 saturated carbocycles. The van der Waals surface area contributed by atoms with Gasteiger partial charge in [0.1, 0.15) is 11.7 Å². The lowest BCUT2D eigenvalue weighted by atomic mass is 10.1. The first-order valence-electron chi connectivity index (χ1n) is 6.27. The van der Waals surface area contributed by atoms with Crippen LogP contribution in [0, 0.1) is 0 Å². The lowest BCUT2D eigenvalue weighted by Gasteiger charge is -2.15. The van der Waals surface area contributed by atoms with Gasteiger partial charge in [0.15, 0.2) is 0 Å². The summed E-state index contributed by atoms with van der Waals surface area (Å²) in [6.07, 6.45) is 2.72. The smallest absolute Gasteiger partial charge is 0.326 e. The number of carboxylic acids is 1. The summed E-state index contributed by atoms with van der Waals surface area (Å²) in [6, 6.07) is 2.55.